The van der Waals surface area contributed by atoms with E-state index in [1.807, 2.05) is 12.1 Å². The summed E-state index contributed by atoms with van der Waals surface area (Å²) in [6.07, 6.45) is 5.21. The number of nitrogens with zero attached hydrogens (tertiary/aromatic N) is 1. The van der Waals surface area contributed by atoms with Gasteiger partial charge in [-0.25, -0.2) is 0 Å². The molecule has 102 valence electrons. The number of aliphatic carboxylic acids is 1. The molecule has 1 heterocycles. The van der Waals surface area contributed by atoms with Gasteiger partial charge in [-0.05, 0) is 49.9 Å². The maximum Gasteiger partial charge on any atom is 0.314 e. The Morgan fingerprint density at radius 3 is 2.21 bits per heavy atom. The molecule has 1 aromatic rings. The van der Waals surface area contributed by atoms with E-state index in [9.17, 15) is 9.90 Å². The summed E-state index contributed by atoms with van der Waals surface area (Å²) in [5.41, 5.74) is 1.69. The summed E-state index contributed by atoms with van der Waals surface area (Å²) in [5, 5.41) is 9.43. The highest BCUT2D eigenvalue weighted by Gasteiger charge is 2.45. The lowest BCUT2D eigenvalue weighted by molar-refractivity contribution is -0.147. The van der Waals surface area contributed by atoms with Gasteiger partial charge in [0, 0.05) is 6.54 Å². The Bertz CT molecular complexity index is 456. The summed E-state index contributed by atoms with van der Waals surface area (Å²) in [7, 11) is 0. The molecule has 1 aliphatic carbocycles. The number of rotatable bonds is 4. The number of carbonyl (C=O) groups is 1. The van der Waals surface area contributed by atoms with Gasteiger partial charge in [-0.15, -0.1) is 0 Å². The van der Waals surface area contributed by atoms with Crippen molar-refractivity contribution < 1.29 is 9.90 Å². The maximum atomic E-state index is 11.5. The van der Waals surface area contributed by atoms with Crippen LogP contribution in [0.1, 0.15) is 43.2 Å². The summed E-state index contributed by atoms with van der Waals surface area (Å²) in [4.78, 5) is 13.9. The van der Waals surface area contributed by atoms with Crippen molar-refractivity contribution in [1.82, 2.24) is 4.90 Å². The molecule has 2 fully saturated rings. The van der Waals surface area contributed by atoms with Crippen LogP contribution in [0.2, 0.25) is 0 Å². The van der Waals surface area contributed by atoms with Crippen LogP contribution in [0.5, 0.6) is 0 Å². The van der Waals surface area contributed by atoms with Crippen molar-refractivity contribution in [3.8, 4) is 0 Å². The minimum atomic E-state index is -0.661. The van der Waals surface area contributed by atoms with Crippen molar-refractivity contribution in [2.45, 2.75) is 44.1 Å². The molecule has 1 N–H and O–H groups in total. The van der Waals surface area contributed by atoms with E-state index >= 15 is 0 Å². The molecule has 3 rings (SSSR count). The molecule has 1 aromatic carbocycles. The van der Waals surface area contributed by atoms with Gasteiger partial charge in [0.2, 0.25) is 0 Å². The van der Waals surface area contributed by atoms with Crippen LogP contribution in [0.3, 0.4) is 0 Å². The molecule has 0 amide bonds. The second kappa shape index (κ2) is 4.97. The van der Waals surface area contributed by atoms with Crippen molar-refractivity contribution in [1.29, 1.82) is 0 Å². The number of hydrogen-bond donors (Lipinski definition) is 1. The molecule has 2 aliphatic rings. The third kappa shape index (κ3) is 2.27. The largest absolute Gasteiger partial charge is 0.481 e. The van der Waals surface area contributed by atoms with Crippen molar-refractivity contribution in [2.75, 3.05) is 13.1 Å². The molecule has 3 nitrogen and oxygen atoms in total. The highest BCUT2D eigenvalue weighted by atomic mass is 16.4. The number of carboxylic acids is 1. The molecule has 0 spiro atoms. The minimum absolute atomic E-state index is 0.591. The topological polar surface area (TPSA) is 40.5 Å². The van der Waals surface area contributed by atoms with Crippen LogP contribution in [0.4, 0.5) is 0 Å². The first-order valence-corrected chi connectivity index (χ1v) is 7.26. The van der Waals surface area contributed by atoms with E-state index in [0.717, 1.165) is 31.4 Å². The fourth-order valence-electron chi connectivity index (χ4n) is 3.28. The molecule has 3 heteroatoms. The summed E-state index contributed by atoms with van der Waals surface area (Å²) in [5.74, 6) is -0.661. The van der Waals surface area contributed by atoms with E-state index in [1.54, 1.807) is 0 Å². The molecule has 0 radical (unpaired) electrons. The van der Waals surface area contributed by atoms with Crippen LogP contribution < -0.4 is 0 Å². The van der Waals surface area contributed by atoms with Crippen LogP contribution in [-0.2, 0) is 16.8 Å². The van der Waals surface area contributed by atoms with Crippen LogP contribution >= 0.6 is 0 Å². The molecular formula is C16H21NO2. The van der Waals surface area contributed by atoms with Gasteiger partial charge in [0.05, 0.1) is 5.41 Å². The van der Waals surface area contributed by atoms with E-state index in [-0.39, 0.29) is 0 Å². The molecule has 0 unspecified atom stereocenters. The van der Waals surface area contributed by atoms with Crippen LogP contribution in [0.25, 0.3) is 0 Å². The number of benzene rings is 1. The zero-order valence-electron chi connectivity index (χ0n) is 11.3. The van der Waals surface area contributed by atoms with Gasteiger partial charge in [0.1, 0.15) is 0 Å². The first-order chi connectivity index (χ1) is 9.21. The lowest BCUT2D eigenvalue weighted by Gasteiger charge is -2.38. The Morgan fingerprint density at radius 1 is 1.11 bits per heavy atom. The van der Waals surface area contributed by atoms with Crippen molar-refractivity contribution >= 4 is 5.97 Å². The Morgan fingerprint density at radius 2 is 1.74 bits per heavy atom. The molecule has 19 heavy (non-hydrogen) atoms. The lowest BCUT2D eigenvalue weighted by Crippen LogP contribution is -2.42. The van der Waals surface area contributed by atoms with Crippen LogP contribution in [-0.4, -0.2) is 29.1 Å². The Balaban J connectivity index is 1.73. The molecular weight excluding hydrogens is 238 g/mol. The summed E-state index contributed by atoms with van der Waals surface area (Å²) in [6, 6.07) is 8.27. The van der Waals surface area contributed by atoms with E-state index in [1.165, 1.54) is 31.5 Å². The Hall–Kier alpha value is -1.35. The summed E-state index contributed by atoms with van der Waals surface area (Å²) >= 11 is 0. The SMILES string of the molecule is O=C(O)C1(c2ccc(CN3CCCC3)cc2)CCC1. The normalized spacial score (nSPS) is 22.1. The van der Waals surface area contributed by atoms with E-state index in [0.29, 0.717) is 0 Å². The monoisotopic (exact) mass is 259 g/mol. The zero-order chi connectivity index (χ0) is 13.3. The van der Waals surface area contributed by atoms with Gasteiger partial charge in [-0.1, -0.05) is 30.7 Å². The molecule has 0 aromatic heterocycles. The molecule has 1 aliphatic heterocycles. The van der Waals surface area contributed by atoms with E-state index in [4.69, 9.17) is 0 Å². The second-order valence-corrected chi connectivity index (χ2v) is 5.92. The van der Waals surface area contributed by atoms with Crippen molar-refractivity contribution in [3.05, 3.63) is 35.4 Å². The lowest BCUT2D eigenvalue weighted by atomic mass is 9.64. The highest BCUT2D eigenvalue weighted by molar-refractivity contribution is 5.82. The van der Waals surface area contributed by atoms with E-state index in [2.05, 4.69) is 17.0 Å². The third-order valence-corrected chi connectivity index (χ3v) is 4.73. The zero-order valence-corrected chi connectivity index (χ0v) is 11.3. The first-order valence-electron chi connectivity index (χ1n) is 7.26. The maximum absolute atomic E-state index is 11.5. The minimum Gasteiger partial charge on any atom is -0.481 e. The van der Waals surface area contributed by atoms with Crippen LogP contribution in [0.15, 0.2) is 24.3 Å². The molecule has 1 saturated carbocycles. The van der Waals surface area contributed by atoms with Gasteiger partial charge in [0.25, 0.3) is 0 Å². The standard InChI is InChI=1S/C16H21NO2/c18-15(19)16(8-3-9-16)14-6-4-13(5-7-14)12-17-10-1-2-11-17/h4-7H,1-3,8-12H2,(H,18,19). The van der Waals surface area contributed by atoms with Gasteiger partial charge in [-0.2, -0.15) is 0 Å². The smallest absolute Gasteiger partial charge is 0.314 e. The second-order valence-electron chi connectivity index (χ2n) is 5.92. The number of likely N-dealkylation sites (tertiary alicyclic amines) is 1. The first kappa shape index (κ1) is 12.7. The number of carboxylic acid groups (broad SMARTS) is 1. The fraction of sp³-hybridized carbons (Fsp3) is 0.562. The molecule has 0 bridgehead atoms. The van der Waals surface area contributed by atoms with E-state index < -0.39 is 11.4 Å². The number of hydrogen-bond acceptors (Lipinski definition) is 2. The van der Waals surface area contributed by atoms with Gasteiger partial charge < -0.3 is 5.11 Å². The molecule has 1 saturated heterocycles. The summed E-state index contributed by atoms with van der Waals surface area (Å²) < 4.78 is 0. The summed E-state index contributed by atoms with van der Waals surface area (Å²) in [6.45, 7) is 3.39. The van der Waals surface area contributed by atoms with Crippen LogP contribution in [0, 0.1) is 0 Å². The average molecular weight is 259 g/mol. The predicted octanol–water partition coefficient (Wildman–Crippen LogP) is 2.79. The van der Waals surface area contributed by atoms with Crippen molar-refractivity contribution in [3.63, 3.8) is 0 Å². The highest BCUT2D eigenvalue weighted by Crippen LogP contribution is 2.43. The third-order valence-electron chi connectivity index (χ3n) is 4.73. The Labute approximate surface area is 114 Å². The molecule has 0 atom stereocenters. The van der Waals surface area contributed by atoms with Crippen molar-refractivity contribution in [2.24, 2.45) is 0 Å². The van der Waals surface area contributed by atoms with Gasteiger partial charge in [0.15, 0.2) is 0 Å². The Kier molecular flexibility index (Phi) is 3.31. The average Bonchev–Trinajstić information content (AvgIpc) is 2.82. The van der Waals surface area contributed by atoms with Gasteiger partial charge in [-0.3, -0.25) is 9.69 Å². The predicted molar refractivity (Wildman–Crippen MR) is 74.1 cm³/mol. The quantitative estimate of drug-likeness (QED) is 0.904. The fourth-order valence-corrected chi connectivity index (χ4v) is 3.28. The van der Waals surface area contributed by atoms with Gasteiger partial charge >= 0.3 is 5.97 Å².